The minimum Gasteiger partial charge on any atom is -0.756 e. The Morgan fingerprint density at radius 3 is 2.25 bits per heavy atom. The molecule has 0 aromatic carbocycles. The van der Waals surface area contributed by atoms with Gasteiger partial charge < -0.3 is 39.5 Å². The fourth-order valence-corrected chi connectivity index (χ4v) is 1.57. The van der Waals surface area contributed by atoms with E-state index in [4.69, 9.17) is 15.1 Å². The summed E-state index contributed by atoms with van der Waals surface area (Å²) in [7, 11) is -4.98. The number of rotatable bonds is 3. The van der Waals surface area contributed by atoms with Crippen LogP contribution in [0.3, 0.4) is 0 Å². The lowest BCUT2D eigenvalue weighted by Crippen LogP contribution is -2.58. The van der Waals surface area contributed by atoms with Gasteiger partial charge in [0, 0.05) is 0 Å². The van der Waals surface area contributed by atoms with Gasteiger partial charge >= 0.3 is 0 Å². The van der Waals surface area contributed by atoms with Crippen LogP contribution in [-0.2, 0) is 13.8 Å². The topological polar surface area (TPSA) is 160 Å². The molecule has 0 bridgehead atoms. The molecule has 4 unspecified atom stereocenters. The van der Waals surface area contributed by atoms with Crippen molar-refractivity contribution in [1.82, 2.24) is 0 Å². The largest absolute Gasteiger partial charge is 0.756 e. The van der Waals surface area contributed by atoms with Gasteiger partial charge in [-0.15, -0.1) is 0 Å². The third-order valence-electron chi connectivity index (χ3n) is 2.09. The Morgan fingerprint density at radius 2 is 1.75 bits per heavy atom. The van der Waals surface area contributed by atoms with Crippen LogP contribution in [0.25, 0.3) is 0 Å². The molecular weight excluding hydrogens is 247 g/mol. The molecule has 1 heterocycles. The summed E-state index contributed by atoms with van der Waals surface area (Å²) in [5.74, 6) is 0. The van der Waals surface area contributed by atoms with Crippen molar-refractivity contribution in [2.24, 2.45) is 0 Å². The molecule has 1 aliphatic rings. The van der Waals surface area contributed by atoms with Gasteiger partial charge in [0.25, 0.3) is 7.82 Å². The molecule has 1 aliphatic heterocycles. The normalized spacial score (nSPS) is 44.0. The third-order valence-corrected chi connectivity index (χ3v) is 2.56. The minimum absolute atomic E-state index is 0.792. The lowest BCUT2D eigenvalue weighted by molar-refractivity contribution is -0.289. The first-order valence-corrected chi connectivity index (χ1v) is 5.78. The maximum absolute atomic E-state index is 10.3. The van der Waals surface area contributed by atoms with Crippen molar-refractivity contribution in [2.75, 3.05) is 6.61 Å². The highest BCUT2D eigenvalue weighted by Crippen LogP contribution is 2.32. The quantitative estimate of drug-likeness (QED) is 0.321. The van der Waals surface area contributed by atoms with Gasteiger partial charge in [-0.3, -0.25) is 4.57 Å². The van der Waals surface area contributed by atoms with Gasteiger partial charge in [-0.2, -0.15) is 0 Å². The molecule has 0 aromatic rings. The Labute approximate surface area is 90.1 Å². The number of hydrogen-bond acceptors (Lipinski definition) is 8. The molecule has 16 heavy (non-hydrogen) atoms. The molecule has 0 amide bonds. The van der Waals surface area contributed by atoms with Crippen LogP contribution in [0.2, 0.25) is 0 Å². The molecule has 10 heteroatoms. The maximum Gasteiger partial charge on any atom is 0.265 e. The maximum atomic E-state index is 10.3. The van der Waals surface area contributed by atoms with Gasteiger partial charge in [0.15, 0.2) is 6.29 Å². The van der Waals surface area contributed by atoms with Crippen molar-refractivity contribution in [2.45, 2.75) is 30.7 Å². The molecule has 9 nitrogen and oxygen atoms in total. The average molecular weight is 259 g/mol. The van der Waals surface area contributed by atoms with Crippen molar-refractivity contribution in [3.8, 4) is 0 Å². The number of phosphoric acid groups is 1. The number of hydrogen-bond donors (Lipinski definition) is 5. The summed E-state index contributed by atoms with van der Waals surface area (Å²) in [5.41, 5.74) is 0. The molecule has 0 aromatic heterocycles. The van der Waals surface area contributed by atoms with E-state index < -0.39 is 45.1 Å². The summed E-state index contributed by atoms with van der Waals surface area (Å²) in [5, 5.41) is 36.7. The third kappa shape index (κ3) is 3.45. The molecule has 1 saturated heterocycles. The molecule has 6 atom stereocenters. The van der Waals surface area contributed by atoms with Crippen molar-refractivity contribution in [1.29, 1.82) is 0 Å². The molecular formula is C6H12O9P-. The first-order valence-electron chi connectivity index (χ1n) is 4.28. The first-order chi connectivity index (χ1) is 7.22. The second-order valence-electron chi connectivity index (χ2n) is 3.30. The molecule has 1 fully saturated rings. The van der Waals surface area contributed by atoms with E-state index in [1.807, 2.05) is 0 Å². The number of aliphatic hydroxyl groups excluding tert-OH is 4. The number of ether oxygens (including phenoxy) is 1. The molecule has 0 aliphatic carbocycles. The van der Waals surface area contributed by atoms with Gasteiger partial charge in [-0.1, -0.05) is 0 Å². The second kappa shape index (κ2) is 5.05. The van der Waals surface area contributed by atoms with Crippen molar-refractivity contribution in [3.05, 3.63) is 0 Å². The van der Waals surface area contributed by atoms with Gasteiger partial charge in [0.05, 0.1) is 6.61 Å². The number of aliphatic hydroxyl groups is 4. The predicted molar refractivity (Wildman–Crippen MR) is 44.7 cm³/mol. The Hall–Kier alpha value is -0.0900. The van der Waals surface area contributed by atoms with Crippen LogP contribution in [0.4, 0.5) is 0 Å². The van der Waals surface area contributed by atoms with Gasteiger partial charge in [-0.05, 0) is 0 Å². The monoisotopic (exact) mass is 259 g/mol. The van der Waals surface area contributed by atoms with Crippen LogP contribution in [0, 0.1) is 0 Å². The minimum atomic E-state index is -4.98. The Kier molecular flexibility index (Phi) is 4.41. The summed E-state index contributed by atoms with van der Waals surface area (Å²) < 4.78 is 18.8. The van der Waals surface area contributed by atoms with E-state index in [9.17, 15) is 19.7 Å². The Morgan fingerprint density at radius 1 is 1.19 bits per heavy atom. The summed E-state index contributed by atoms with van der Waals surface area (Å²) >= 11 is 0. The second-order valence-corrected chi connectivity index (χ2v) is 4.50. The molecule has 0 saturated carbocycles. The first kappa shape index (κ1) is 14.0. The lowest BCUT2D eigenvalue weighted by Gasteiger charge is -2.38. The van der Waals surface area contributed by atoms with Crippen molar-refractivity contribution < 1.29 is 44.0 Å². The van der Waals surface area contributed by atoms with E-state index in [1.54, 1.807) is 0 Å². The van der Waals surface area contributed by atoms with E-state index in [0.717, 1.165) is 0 Å². The van der Waals surface area contributed by atoms with Crippen molar-refractivity contribution in [3.63, 3.8) is 0 Å². The lowest BCUT2D eigenvalue weighted by atomic mass is 10.00. The summed E-state index contributed by atoms with van der Waals surface area (Å²) in [6.45, 7) is -0.792. The standard InChI is InChI=1S/C6H13O9P/c7-3-2(1-14-16(11,12)13)15-6(10)5(9)4(3)8/h2-10H,1H2,(H2,11,12,13)/p-1/t2?,3-,4?,5?,6-/m1/s1. The molecule has 96 valence electrons. The fraction of sp³-hybridized carbons (Fsp3) is 1.00. The summed E-state index contributed by atoms with van der Waals surface area (Å²) in [6.07, 6.45) is -8.23. The van der Waals surface area contributed by atoms with Crippen LogP contribution in [-0.4, -0.2) is 62.6 Å². The van der Waals surface area contributed by atoms with Crippen LogP contribution < -0.4 is 4.89 Å². The SMILES string of the molecule is O=P([O-])(O)OCC1O[C@@H](O)C(O)C(O)[C@@H]1O. The van der Waals surface area contributed by atoms with Gasteiger partial charge in [0.2, 0.25) is 0 Å². The molecule has 1 rings (SSSR count). The Bertz CT molecular complexity index is 277. The zero-order chi connectivity index (χ0) is 12.5. The van der Waals surface area contributed by atoms with Gasteiger partial charge in [0.1, 0.15) is 24.4 Å². The van der Waals surface area contributed by atoms with Crippen molar-refractivity contribution >= 4 is 7.82 Å². The van der Waals surface area contributed by atoms with E-state index in [0.29, 0.717) is 0 Å². The van der Waals surface area contributed by atoms with E-state index >= 15 is 0 Å². The summed E-state index contributed by atoms with van der Waals surface area (Å²) in [4.78, 5) is 18.5. The van der Waals surface area contributed by atoms with E-state index in [1.165, 1.54) is 0 Å². The van der Waals surface area contributed by atoms with Crippen LogP contribution in [0.5, 0.6) is 0 Å². The predicted octanol–water partition coefficient (Wildman–Crippen LogP) is -3.74. The smallest absolute Gasteiger partial charge is 0.265 e. The zero-order valence-corrected chi connectivity index (χ0v) is 8.80. The average Bonchev–Trinajstić information content (AvgIpc) is 2.17. The van der Waals surface area contributed by atoms with E-state index in [2.05, 4.69) is 9.26 Å². The van der Waals surface area contributed by atoms with Crippen LogP contribution in [0.15, 0.2) is 0 Å². The van der Waals surface area contributed by atoms with Crippen LogP contribution >= 0.6 is 7.82 Å². The molecule has 0 spiro atoms. The van der Waals surface area contributed by atoms with E-state index in [-0.39, 0.29) is 0 Å². The summed E-state index contributed by atoms with van der Waals surface area (Å²) in [6, 6.07) is 0. The highest BCUT2D eigenvalue weighted by Gasteiger charge is 2.43. The molecule has 0 radical (unpaired) electrons. The fourth-order valence-electron chi connectivity index (χ4n) is 1.24. The zero-order valence-electron chi connectivity index (χ0n) is 7.91. The highest BCUT2D eigenvalue weighted by molar-refractivity contribution is 7.44. The highest BCUT2D eigenvalue weighted by atomic mass is 31.2. The molecule has 5 N–H and O–H groups in total. The number of phosphoric ester groups is 1. The van der Waals surface area contributed by atoms with Gasteiger partial charge in [-0.25, -0.2) is 0 Å². The Balaban J connectivity index is 2.57. The van der Waals surface area contributed by atoms with Crippen LogP contribution in [0.1, 0.15) is 0 Å².